The molecule has 1 heterocycles. The number of anilines is 2. The van der Waals surface area contributed by atoms with Crippen LogP contribution in [0.25, 0.3) is 6.08 Å². The third kappa shape index (κ3) is 5.81. The number of ketones is 1. The van der Waals surface area contributed by atoms with E-state index in [1.54, 1.807) is 13.0 Å². The van der Waals surface area contributed by atoms with E-state index in [2.05, 4.69) is 5.32 Å². The lowest BCUT2D eigenvalue weighted by Gasteiger charge is -2.16. The highest BCUT2D eigenvalue weighted by Crippen LogP contribution is 2.30. The predicted octanol–water partition coefficient (Wildman–Crippen LogP) is 3.19. The number of nitrogens with one attached hydrogen (secondary N) is 1. The first-order chi connectivity index (χ1) is 14.8. The number of aromatic hydroxyl groups is 1. The van der Waals surface area contributed by atoms with E-state index in [0.717, 1.165) is 5.69 Å². The molecular weight excluding hydrogens is 398 g/mol. The van der Waals surface area contributed by atoms with Gasteiger partial charge in [-0.3, -0.25) is 4.79 Å². The summed E-state index contributed by atoms with van der Waals surface area (Å²) in [5, 5.41) is 33.8. The number of aliphatic hydroxyl groups is 2. The molecule has 0 saturated carbocycles. The minimum Gasteiger partial charge on any atom is -0.507 e. The zero-order chi connectivity index (χ0) is 22.4. The molecule has 31 heavy (non-hydrogen) atoms. The number of aliphatic hydroxyl groups excluding tert-OH is 2. The number of esters is 1. The minimum absolute atomic E-state index is 0.00536. The molecule has 0 aliphatic carbocycles. The molecule has 0 spiro atoms. The Hall–Kier alpha value is -3.42. The van der Waals surface area contributed by atoms with Gasteiger partial charge in [-0.1, -0.05) is 43.4 Å². The van der Waals surface area contributed by atoms with E-state index in [0.29, 0.717) is 11.3 Å². The van der Waals surface area contributed by atoms with E-state index in [1.165, 1.54) is 30.4 Å². The normalized spacial score (nSPS) is 24.4. The molecular formula is C24H25NO6. The van der Waals surface area contributed by atoms with Crippen molar-refractivity contribution in [2.45, 2.75) is 25.6 Å². The zero-order valence-electron chi connectivity index (χ0n) is 17.1. The van der Waals surface area contributed by atoms with E-state index in [-0.39, 0.29) is 30.3 Å². The summed E-state index contributed by atoms with van der Waals surface area (Å²) in [5.41, 5.74) is 1.71. The molecule has 3 rings (SSSR count). The highest BCUT2D eigenvalue weighted by molar-refractivity contribution is 5.98. The van der Waals surface area contributed by atoms with Crippen molar-refractivity contribution in [1.82, 2.24) is 0 Å². The molecule has 0 amide bonds. The van der Waals surface area contributed by atoms with E-state index >= 15 is 0 Å². The SMILES string of the molecule is C[C@@H]1/C=C\C(=O)[C@@H](O)[C@@H](O)C/C=C/c2cc(Nc3ccccc3)cc(O)c2C(=O)OC1. The van der Waals surface area contributed by atoms with Gasteiger partial charge < -0.3 is 25.4 Å². The summed E-state index contributed by atoms with van der Waals surface area (Å²) in [6.45, 7) is 1.72. The lowest BCUT2D eigenvalue weighted by atomic mass is 10.0. The number of hydrogen-bond donors (Lipinski definition) is 4. The van der Waals surface area contributed by atoms with Gasteiger partial charge in [-0.05, 0) is 36.3 Å². The number of fused-ring (bicyclic) bond motifs is 1. The van der Waals surface area contributed by atoms with Crippen molar-refractivity contribution >= 4 is 29.2 Å². The lowest BCUT2D eigenvalue weighted by molar-refractivity contribution is -0.127. The van der Waals surface area contributed by atoms with Gasteiger partial charge in [0, 0.05) is 23.4 Å². The van der Waals surface area contributed by atoms with E-state index in [1.807, 2.05) is 30.3 Å². The molecule has 0 aromatic heterocycles. The van der Waals surface area contributed by atoms with E-state index < -0.39 is 24.0 Å². The zero-order valence-corrected chi connectivity index (χ0v) is 17.1. The second kappa shape index (κ2) is 10.1. The number of ether oxygens (including phenoxy) is 1. The number of carbonyl (C=O) groups excluding carboxylic acids is 2. The Morgan fingerprint density at radius 2 is 1.77 bits per heavy atom. The van der Waals surface area contributed by atoms with Gasteiger partial charge in [0.1, 0.15) is 17.4 Å². The third-order valence-electron chi connectivity index (χ3n) is 4.81. The second-order valence-electron chi connectivity index (χ2n) is 7.44. The molecule has 1 aliphatic heterocycles. The van der Waals surface area contributed by atoms with Crippen molar-refractivity contribution in [2.24, 2.45) is 5.92 Å². The number of cyclic esters (lactones) is 1. The number of para-hydroxylation sites is 1. The topological polar surface area (TPSA) is 116 Å². The van der Waals surface area contributed by atoms with Gasteiger partial charge in [-0.2, -0.15) is 0 Å². The number of rotatable bonds is 2. The van der Waals surface area contributed by atoms with Crippen LogP contribution < -0.4 is 5.32 Å². The minimum atomic E-state index is -1.56. The Morgan fingerprint density at radius 1 is 1.03 bits per heavy atom. The summed E-state index contributed by atoms with van der Waals surface area (Å²) in [7, 11) is 0. The third-order valence-corrected chi connectivity index (χ3v) is 4.81. The predicted molar refractivity (Wildman–Crippen MR) is 117 cm³/mol. The molecule has 0 bridgehead atoms. The Kier molecular flexibility index (Phi) is 7.23. The molecule has 0 radical (unpaired) electrons. The fourth-order valence-corrected chi connectivity index (χ4v) is 3.11. The van der Waals surface area contributed by atoms with Crippen LogP contribution in [-0.4, -0.2) is 45.9 Å². The van der Waals surface area contributed by atoms with Crippen LogP contribution in [0.4, 0.5) is 11.4 Å². The summed E-state index contributed by atoms with van der Waals surface area (Å²) >= 11 is 0. The van der Waals surface area contributed by atoms with Crippen LogP contribution in [0.1, 0.15) is 29.3 Å². The number of phenolic OH excluding ortho intramolecular Hbond substituents is 1. The van der Waals surface area contributed by atoms with Crippen LogP contribution in [0, 0.1) is 5.92 Å². The number of phenols is 1. The van der Waals surface area contributed by atoms with Gasteiger partial charge in [0.15, 0.2) is 5.78 Å². The van der Waals surface area contributed by atoms with Gasteiger partial charge in [0.25, 0.3) is 0 Å². The Labute approximate surface area is 180 Å². The molecule has 4 N–H and O–H groups in total. The molecule has 0 unspecified atom stereocenters. The molecule has 7 nitrogen and oxygen atoms in total. The van der Waals surface area contributed by atoms with Gasteiger partial charge in [-0.15, -0.1) is 0 Å². The summed E-state index contributed by atoms with van der Waals surface area (Å²) in [4.78, 5) is 24.7. The average Bonchev–Trinajstić information content (AvgIpc) is 2.75. The van der Waals surface area contributed by atoms with Crippen LogP contribution in [0.5, 0.6) is 5.75 Å². The van der Waals surface area contributed by atoms with Crippen molar-refractivity contribution in [3.05, 3.63) is 71.8 Å². The van der Waals surface area contributed by atoms with Gasteiger partial charge in [0.05, 0.1) is 12.7 Å². The van der Waals surface area contributed by atoms with Gasteiger partial charge >= 0.3 is 5.97 Å². The molecule has 1 aliphatic rings. The molecule has 2 aromatic rings. The maximum absolute atomic E-state index is 12.7. The molecule has 3 atom stereocenters. The monoisotopic (exact) mass is 423 g/mol. The number of carbonyl (C=O) groups is 2. The Bertz CT molecular complexity index is 999. The molecule has 162 valence electrons. The summed E-state index contributed by atoms with van der Waals surface area (Å²) in [6.07, 6.45) is 2.85. The van der Waals surface area contributed by atoms with Crippen LogP contribution >= 0.6 is 0 Å². The van der Waals surface area contributed by atoms with Crippen LogP contribution in [0.3, 0.4) is 0 Å². The van der Waals surface area contributed by atoms with E-state index in [9.17, 15) is 24.9 Å². The van der Waals surface area contributed by atoms with Crippen molar-refractivity contribution in [2.75, 3.05) is 11.9 Å². The fourth-order valence-electron chi connectivity index (χ4n) is 3.11. The van der Waals surface area contributed by atoms with Crippen LogP contribution in [0.2, 0.25) is 0 Å². The second-order valence-corrected chi connectivity index (χ2v) is 7.44. The first-order valence-electron chi connectivity index (χ1n) is 9.96. The van der Waals surface area contributed by atoms with E-state index in [4.69, 9.17) is 4.74 Å². The lowest BCUT2D eigenvalue weighted by Crippen LogP contribution is -2.32. The summed E-state index contributed by atoms with van der Waals surface area (Å²) < 4.78 is 5.32. The standard InChI is InChI=1S/C24H25NO6/c1-15-10-11-20(27)23(29)19(26)9-5-6-16-12-18(25-17-7-3-2-4-8-17)13-21(28)22(16)24(30)31-14-15/h2-8,10-13,15,19,23,25-26,28-29H,9,14H2,1H3/b6-5+,11-10-/t15-,19+,23+/m1/s1. The van der Waals surface area contributed by atoms with Crippen molar-refractivity contribution in [3.63, 3.8) is 0 Å². The van der Waals surface area contributed by atoms with Gasteiger partial charge in [0.2, 0.25) is 0 Å². The first-order valence-corrected chi connectivity index (χ1v) is 9.96. The van der Waals surface area contributed by atoms with Crippen molar-refractivity contribution in [3.8, 4) is 5.75 Å². The number of hydrogen-bond acceptors (Lipinski definition) is 7. The fraction of sp³-hybridized carbons (Fsp3) is 0.250. The quantitative estimate of drug-likeness (QED) is 0.548. The smallest absolute Gasteiger partial charge is 0.342 e. The first kappa shape index (κ1) is 22.3. The maximum atomic E-state index is 12.7. The molecule has 0 fully saturated rings. The summed E-state index contributed by atoms with van der Waals surface area (Å²) in [6, 6.07) is 12.4. The van der Waals surface area contributed by atoms with Crippen molar-refractivity contribution < 1.29 is 29.6 Å². The summed E-state index contributed by atoms with van der Waals surface area (Å²) in [5.74, 6) is -1.88. The highest BCUT2D eigenvalue weighted by Gasteiger charge is 2.23. The Morgan fingerprint density at radius 3 is 2.52 bits per heavy atom. The maximum Gasteiger partial charge on any atom is 0.342 e. The van der Waals surface area contributed by atoms with Gasteiger partial charge in [-0.25, -0.2) is 4.79 Å². The Balaban J connectivity index is 1.97. The van der Waals surface area contributed by atoms with Crippen LogP contribution in [-0.2, 0) is 9.53 Å². The average molecular weight is 423 g/mol. The molecule has 2 aromatic carbocycles. The number of benzene rings is 2. The van der Waals surface area contributed by atoms with Crippen LogP contribution in [0.15, 0.2) is 60.7 Å². The molecule has 0 saturated heterocycles. The highest BCUT2D eigenvalue weighted by atomic mass is 16.5. The molecule has 7 heteroatoms. The van der Waals surface area contributed by atoms with Crippen molar-refractivity contribution in [1.29, 1.82) is 0 Å². The largest absolute Gasteiger partial charge is 0.507 e.